The highest BCUT2D eigenvalue weighted by Crippen LogP contribution is 2.32. The average Bonchev–Trinajstić information content (AvgIpc) is 2.82. The van der Waals surface area contributed by atoms with Crippen molar-refractivity contribution in [3.8, 4) is 0 Å². The van der Waals surface area contributed by atoms with Crippen molar-refractivity contribution in [2.24, 2.45) is 0 Å². The zero-order chi connectivity index (χ0) is 15.5. The van der Waals surface area contributed by atoms with Crippen LogP contribution in [-0.2, 0) is 19.3 Å². The van der Waals surface area contributed by atoms with Crippen molar-refractivity contribution in [1.82, 2.24) is 15.1 Å². The summed E-state index contributed by atoms with van der Waals surface area (Å²) < 4.78 is 41.6. The van der Waals surface area contributed by atoms with Crippen molar-refractivity contribution in [2.45, 2.75) is 26.2 Å². The molecular weight excluding hydrogens is 347 g/mol. The van der Waals surface area contributed by atoms with Gasteiger partial charge in [0.1, 0.15) is 5.69 Å². The molecule has 0 amide bonds. The monoisotopic (exact) mass is 361 g/mol. The van der Waals surface area contributed by atoms with E-state index in [2.05, 4.69) is 26.3 Å². The van der Waals surface area contributed by atoms with Crippen molar-refractivity contribution in [3.63, 3.8) is 0 Å². The number of alkyl halides is 3. The molecule has 0 atom stereocenters. The fraction of sp³-hybridized carbons (Fsp3) is 0.357. The predicted molar refractivity (Wildman–Crippen MR) is 77.9 cm³/mol. The minimum Gasteiger partial charge on any atom is -0.313 e. The predicted octanol–water partition coefficient (Wildman–Crippen LogP) is 3.82. The second-order valence-corrected chi connectivity index (χ2v) is 5.50. The Labute approximate surface area is 129 Å². The summed E-state index contributed by atoms with van der Waals surface area (Å²) in [5.74, 6) is 0. The molecule has 2 rings (SSSR count). The third-order valence-electron chi connectivity index (χ3n) is 2.99. The van der Waals surface area contributed by atoms with E-state index in [0.717, 1.165) is 14.7 Å². The molecule has 1 aromatic heterocycles. The van der Waals surface area contributed by atoms with Crippen LogP contribution in [0.5, 0.6) is 0 Å². The van der Waals surface area contributed by atoms with E-state index in [1.807, 2.05) is 6.92 Å². The van der Waals surface area contributed by atoms with Crippen molar-refractivity contribution in [1.29, 1.82) is 0 Å². The Morgan fingerprint density at radius 2 is 1.90 bits per heavy atom. The van der Waals surface area contributed by atoms with E-state index >= 15 is 0 Å². The van der Waals surface area contributed by atoms with E-state index in [0.29, 0.717) is 6.54 Å². The Balaban J connectivity index is 2.30. The molecule has 0 spiro atoms. The number of nitrogens with one attached hydrogen (secondary N) is 1. The van der Waals surface area contributed by atoms with Crippen LogP contribution in [0.15, 0.2) is 34.9 Å². The lowest BCUT2D eigenvalue weighted by atomic mass is 10.2. The molecule has 0 saturated heterocycles. The van der Waals surface area contributed by atoms with Gasteiger partial charge in [0.2, 0.25) is 0 Å². The number of hydrogen-bond donors (Lipinski definition) is 1. The van der Waals surface area contributed by atoms with Gasteiger partial charge in [0, 0.05) is 16.6 Å². The van der Waals surface area contributed by atoms with Crippen LogP contribution < -0.4 is 5.32 Å². The van der Waals surface area contributed by atoms with Gasteiger partial charge < -0.3 is 5.32 Å². The van der Waals surface area contributed by atoms with Crippen LogP contribution in [0.3, 0.4) is 0 Å². The Hall–Kier alpha value is -1.34. The first-order valence-electron chi connectivity index (χ1n) is 6.49. The lowest BCUT2D eigenvalue weighted by molar-refractivity contribution is -0.144. The van der Waals surface area contributed by atoms with E-state index in [9.17, 15) is 13.2 Å². The van der Waals surface area contributed by atoms with Gasteiger partial charge in [-0.2, -0.15) is 18.3 Å². The van der Waals surface area contributed by atoms with E-state index < -0.39 is 11.9 Å². The van der Waals surface area contributed by atoms with Gasteiger partial charge in [0.25, 0.3) is 0 Å². The zero-order valence-electron chi connectivity index (χ0n) is 11.4. The highest BCUT2D eigenvalue weighted by atomic mass is 79.9. The summed E-state index contributed by atoms with van der Waals surface area (Å²) in [5.41, 5.74) is 0.245. The van der Waals surface area contributed by atoms with Crippen LogP contribution in [0.2, 0.25) is 0 Å². The molecule has 1 aromatic carbocycles. The van der Waals surface area contributed by atoms with Gasteiger partial charge in [-0.3, -0.25) is 4.68 Å². The van der Waals surface area contributed by atoms with E-state index in [1.54, 1.807) is 24.3 Å². The molecule has 2 aromatic rings. The summed E-state index contributed by atoms with van der Waals surface area (Å²) in [6.45, 7) is 2.70. The minimum absolute atomic E-state index is 0.0915. The molecule has 0 saturated carbocycles. The topological polar surface area (TPSA) is 29.9 Å². The number of nitrogens with zero attached hydrogens (tertiary/aromatic N) is 2. The van der Waals surface area contributed by atoms with Crippen LogP contribution in [0, 0.1) is 0 Å². The molecule has 3 nitrogen and oxygen atoms in total. The molecule has 1 N–H and O–H groups in total. The summed E-state index contributed by atoms with van der Waals surface area (Å²) in [6, 6.07) is 7.14. The highest BCUT2D eigenvalue weighted by Gasteiger charge is 2.37. The molecule has 0 bridgehead atoms. The Bertz CT molecular complexity index is 591. The first-order chi connectivity index (χ1) is 9.91. The molecule has 0 aliphatic carbocycles. The first kappa shape index (κ1) is 16.0. The second-order valence-electron chi connectivity index (χ2n) is 4.58. The number of halogens is 4. The quantitative estimate of drug-likeness (QED) is 0.877. The van der Waals surface area contributed by atoms with Gasteiger partial charge in [-0.25, -0.2) is 0 Å². The summed E-state index contributed by atoms with van der Waals surface area (Å²) in [4.78, 5) is 0. The van der Waals surface area contributed by atoms with Gasteiger partial charge in [-0.15, -0.1) is 0 Å². The molecule has 1 heterocycles. The normalized spacial score (nSPS) is 11.9. The minimum atomic E-state index is -4.42. The van der Waals surface area contributed by atoms with Gasteiger partial charge in [-0.1, -0.05) is 35.0 Å². The second kappa shape index (κ2) is 6.62. The van der Waals surface area contributed by atoms with E-state index in [4.69, 9.17) is 0 Å². The third-order valence-corrected chi connectivity index (χ3v) is 3.52. The fourth-order valence-electron chi connectivity index (χ4n) is 2.02. The molecule has 0 radical (unpaired) electrons. The molecule has 0 aliphatic heterocycles. The van der Waals surface area contributed by atoms with Crippen molar-refractivity contribution >= 4 is 15.9 Å². The van der Waals surface area contributed by atoms with Gasteiger partial charge in [0.15, 0.2) is 0 Å². The van der Waals surface area contributed by atoms with Crippen LogP contribution in [0.25, 0.3) is 0 Å². The Morgan fingerprint density at radius 1 is 1.24 bits per heavy atom. The zero-order valence-corrected chi connectivity index (χ0v) is 13.0. The lowest BCUT2D eigenvalue weighted by Crippen LogP contribution is -2.20. The fourth-order valence-corrected chi connectivity index (χ4v) is 2.29. The van der Waals surface area contributed by atoms with Gasteiger partial charge in [0.05, 0.1) is 12.7 Å². The summed E-state index contributed by atoms with van der Waals surface area (Å²) in [6.07, 6.45) is -3.14. The first-order valence-corrected chi connectivity index (χ1v) is 7.28. The van der Waals surface area contributed by atoms with Crippen molar-refractivity contribution < 1.29 is 13.2 Å². The largest absolute Gasteiger partial charge is 0.433 e. The molecule has 0 fully saturated rings. The molecule has 7 heteroatoms. The Morgan fingerprint density at radius 3 is 2.48 bits per heavy atom. The van der Waals surface area contributed by atoms with Crippen molar-refractivity contribution in [2.75, 3.05) is 6.54 Å². The molecule has 0 aliphatic rings. The number of aromatic nitrogens is 2. The summed E-state index contributed by atoms with van der Waals surface area (Å²) in [5, 5.41) is 6.80. The maximum Gasteiger partial charge on any atom is 0.433 e. The lowest BCUT2D eigenvalue weighted by Gasteiger charge is -2.13. The average molecular weight is 362 g/mol. The van der Waals surface area contributed by atoms with E-state index in [1.165, 1.54) is 6.20 Å². The van der Waals surface area contributed by atoms with Gasteiger partial charge >= 0.3 is 6.18 Å². The number of rotatable bonds is 5. The van der Waals surface area contributed by atoms with E-state index in [-0.39, 0.29) is 18.7 Å². The molecular formula is C14H15BrF3N3. The third kappa shape index (κ3) is 4.07. The van der Waals surface area contributed by atoms with Crippen LogP contribution in [-0.4, -0.2) is 16.3 Å². The molecule has 21 heavy (non-hydrogen) atoms. The number of benzene rings is 1. The Kier molecular flexibility index (Phi) is 5.05. The highest BCUT2D eigenvalue weighted by molar-refractivity contribution is 9.10. The number of hydrogen-bond acceptors (Lipinski definition) is 2. The maximum absolute atomic E-state index is 13.2. The molecule has 114 valence electrons. The van der Waals surface area contributed by atoms with Crippen LogP contribution in [0.1, 0.15) is 23.7 Å². The van der Waals surface area contributed by atoms with Gasteiger partial charge in [-0.05, 0) is 24.2 Å². The summed E-state index contributed by atoms with van der Waals surface area (Å²) in [7, 11) is 0. The maximum atomic E-state index is 13.2. The summed E-state index contributed by atoms with van der Waals surface area (Å²) >= 11 is 3.30. The standard InChI is InChI=1S/C14H15BrF3N3/c1-2-19-7-11-8-20-21(13(11)14(16,17)18)9-10-3-5-12(15)6-4-10/h3-6,8,19H,2,7,9H2,1H3. The van der Waals surface area contributed by atoms with Crippen LogP contribution >= 0.6 is 15.9 Å². The molecule has 0 unspecified atom stereocenters. The van der Waals surface area contributed by atoms with Crippen molar-refractivity contribution in [3.05, 3.63) is 51.8 Å². The van der Waals surface area contributed by atoms with Crippen LogP contribution in [0.4, 0.5) is 13.2 Å². The SMILES string of the molecule is CCNCc1cnn(Cc2ccc(Br)cc2)c1C(F)(F)F. The smallest absolute Gasteiger partial charge is 0.313 e.